The van der Waals surface area contributed by atoms with Crippen LogP contribution >= 0.6 is 0 Å². The van der Waals surface area contributed by atoms with Crippen molar-refractivity contribution in [1.82, 2.24) is 3.80 Å². The molecule has 0 bridgehead atoms. The van der Waals surface area contributed by atoms with Gasteiger partial charge in [0.1, 0.15) is 0 Å². The first-order valence-corrected chi connectivity index (χ1v) is 9.41. The van der Waals surface area contributed by atoms with Crippen LogP contribution in [0.2, 0.25) is 0 Å². The van der Waals surface area contributed by atoms with Crippen molar-refractivity contribution in [3.8, 4) is 0 Å². The van der Waals surface area contributed by atoms with Crippen LogP contribution < -0.4 is 28.6 Å². The van der Waals surface area contributed by atoms with Crippen molar-refractivity contribution in [1.29, 1.82) is 0 Å². The van der Waals surface area contributed by atoms with Gasteiger partial charge in [-0.15, -0.1) is 0 Å². The molecule has 0 heterocycles. The molecule has 2 aliphatic rings. The van der Waals surface area contributed by atoms with E-state index in [1.807, 2.05) is 0 Å². The van der Waals surface area contributed by atoms with Crippen molar-refractivity contribution in [2.24, 2.45) is 5.41 Å². The van der Waals surface area contributed by atoms with Crippen molar-refractivity contribution >= 4 is 5.91 Å². The molecule has 1 saturated carbocycles. The molecule has 1 fully saturated rings. The van der Waals surface area contributed by atoms with E-state index in [2.05, 4.69) is 22.0 Å². The van der Waals surface area contributed by atoms with Crippen LogP contribution in [0.1, 0.15) is 77.0 Å². The Balaban J connectivity index is 0.00000242. The first kappa shape index (κ1) is 23.2. The summed E-state index contributed by atoms with van der Waals surface area (Å²) in [5.41, 5.74) is 1.11. The van der Waals surface area contributed by atoms with Gasteiger partial charge in [-0.05, 0) is 0 Å². The summed E-state index contributed by atoms with van der Waals surface area (Å²) in [4.78, 5) is 12.7. The van der Waals surface area contributed by atoms with Crippen molar-refractivity contribution in [3.63, 3.8) is 0 Å². The number of amides is 1. The third-order valence-corrected chi connectivity index (χ3v) is 5.50. The van der Waals surface area contributed by atoms with Gasteiger partial charge in [-0.3, -0.25) is 0 Å². The van der Waals surface area contributed by atoms with E-state index < -0.39 is 0 Å². The Morgan fingerprint density at radius 1 is 0.913 bits per heavy atom. The van der Waals surface area contributed by atoms with Gasteiger partial charge in [0.25, 0.3) is 0 Å². The van der Waals surface area contributed by atoms with Crippen LogP contribution in [0.5, 0.6) is 0 Å². The fourth-order valence-corrected chi connectivity index (χ4v) is 4.21. The van der Waals surface area contributed by atoms with Crippen LogP contribution in [0.25, 0.3) is 0 Å². The molecule has 0 radical (unpaired) electrons. The van der Waals surface area contributed by atoms with Gasteiger partial charge in [0.2, 0.25) is 0 Å². The third kappa shape index (κ3) is 6.57. The Hall–Kier alpha value is 0.244. The zero-order valence-electron chi connectivity index (χ0n) is 13.9. The van der Waals surface area contributed by atoms with Gasteiger partial charge < -0.3 is 24.8 Å². The fourth-order valence-electron chi connectivity index (χ4n) is 3.83. The second-order valence-electron chi connectivity index (χ2n) is 6.54. The maximum atomic E-state index is 12.7. The zero-order chi connectivity index (χ0) is 15.0. The number of carbonyl (C=O) groups is 1. The SMILES string of the molecule is O=C([NH][Ti+2])C1(C2=CC=CC2)CCCCCCCCCCC1.[Cl-].[Cl-]. The van der Waals surface area contributed by atoms with E-state index in [9.17, 15) is 4.79 Å². The second kappa shape index (κ2) is 12.6. The molecular weight excluding hydrogens is 365 g/mol. The van der Waals surface area contributed by atoms with Gasteiger partial charge in [0, 0.05) is 0 Å². The van der Waals surface area contributed by atoms with Crippen LogP contribution in [0, 0.1) is 5.41 Å². The molecule has 2 aliphatic carbocycles. The zero-order valence-corrected chi connectivity index (χ0v) is 17.0. The van der Waals surface area contributed by atoms with Crippen molar-refractivity contribution < 1.29 is 50.3 Å². The topological polar surface area (TPSA) is 29.1 Å². The number of carbonyl (C=O) groups excluding carboxylic acids is 1. The van der Waals surface area contributed by atoms with Crippen LogP contribution in [0.15, 0.2) is 23.8 Å². The molecular formula is C18H28Cl2NOTi. The van der Waals surface area contributed by atoms with Gasteiger partial charge in [-0.1, -0.05) is 0 Å². The minimum Gasteiger partial charge on any atom is -1.00 e. The number of allylic oxidation sites excluding steroid dienone is 3. The van der Waals surface area contributed by atoms with Crippen LogP contribution in [-0.4, -0.2) is 5.91 Å². The first-order chi connectivity index (χ1) is 10.3. The van der Waals surface area contributed by atoms with E-state index in [-0.39, 0.29) is 36.1 Å². The molecule has 0 aromatic rings. The van der Waals surface area contributed by atoms with Crippen molar-refractivity contribution in [2.75, 3.05) is 0 Å². The largest absolute Gasteiger partial charge is 1.00 e. The summed E-state index contributed by atoms with van der Waals surface area (Å²) >= 11 is 1.79. The Labute approximate surface area is 165 Å². The Morgan fingerprint density at radius 2 is 1.39 bits per heavy atom. The summed E-state index contributed by atoms with van der Waals surface area (Å²) in [7, 11) is 0. The minimum atomic E-state index is -0.239. The maximum Gasteiger partial charge on any atom is -1.00 e. The van der Waals surface area contributed by atoms with Gasteiger partial charge >= 0.3 is 141 Å². The van der Waals surface area contributed by atoms with E-state index in [0.717, 1.165) is 19.3 Å². The molecule has 0 spiro atoms. The molecule has 2 nitrogen and oxygen atoms in total. The van der Waals surface area contributed by atoms with Crippen LogP contribution in [-0.2, 0) is 25.5 Å². The van der Waals surface area contributed by atoms with Crippen LogP contribution in [0.4, 0.5) is 0 Å². The number of rotatable bonds is 2. The Bertz CT molecular complexity index is 398. The Morgan fingerprint density at radius 3 is 1.78 bits per heavy atom. The minimum absolute atomic E-state index is 0. The molecule has 1 amide bonds. The molecule has 0 aromatic heterocycles. The number of halogens is 2. The molecule has 0 aliphatic heterocycles. The molecule has 1 N–H and O–H groups in total. The normalized spacial score (nSPS) is 21.7. The quantitative estimate of drug-likeness (QED) is 0.584. The Kier molecular flexibility index (Phi) is 12.7. The number of nitrogens with one attached hydrogen (secondary N) is 1. The fraction of sp³-hybridized carbons (Fsp3) is 0.722. The van der Waals surface area contributed by atoms with Crippen LogP contribution in [0.3, 0.4) is 0 Å². The molecule has 2 rings (SSSR count). The van der Waals surface area contributed by atoms with Gasteiger partial charge in [0.05, 0.1) is 0 Å². The second-order valence-corrected chi connectivity index (χ2v) is 6.93. The standard InChI is InChI=1S/C18H29NO.2ClH.Ti/c19-17(20)18(16-12-8-9-13-16)14-10-6-4-2-1-3-5-7-11-15-18;;;/h8-9,12H,1-7,10-11,13-15H2,(H2,19,20);2*1H;/q;;;+3/p-3. The molecule has 129 valence electrons. The summed E-state index contributed by atoms with van der Waals surface area (Å²) in [5.74, 6) is 0.245. The van der Waals surface area contributed by atoms with E-state index in [1.54, 1.807) is 20.7 Å². The first-order valence-electron chi connectivity index (χ1n) is 8.63. The van der Waals surface area contributed by atoms with Gasteiger partial charge in [0.15, 0.2) is 0 Å². The van der Waals surface area contributed by atoms with E-state index in [0.29, 0.717) is 0 Å². The van der Waals surface area contributed by atoms with E-state index in [4.69, 9.17) is 0 Å². The smallest absolute Gasteiger partial charge is 1.00 e. The van der Waals surface area contributed by atoms with Gasteiger partial charge in [-0.25, -0.2) is 0 Å². The summed E-state index contributed by atoms with van der Waals surface area (Å²) in [6.07, 6.45) is 21.3. The average Bonchev–Trinajstić information content (AvgIpc) is 3.02. The molecule has 0 unspecified atom stereocenters. The monoisotopic (exact) mass is 392 g/mol. The van der Waals surface area contributed by atoms with E-state index >= 15 is 0 Å². The summed E-state index contributed by atoms with van der Waals surface area (Å²) < 4.78 is 2.96. The predicted molar refractivity (Wildman–Crippen MR) is 83.2 cm³/mol. The van der Waals surface area contributed by atoms with Gasteiger partial charge in [-0.2, -0.15) is 0 Å². The molecule has 23 heavy (non-hydrogen) atoms. The summed E-state index contributed by atoms with van der Waals surface area (Å²) in [6, 6.07) is 0. The average molecular weight is 393 g/mol. The number of hydrogen-bond donors (Lipinski definition) is 1. The molecule has 0 aromatic carbocycles. The van der Waals surface area contributed by atoms with E-state index in [1.165, 1.54) is 63.4 Å². The summed E-state index contributed by atoms with van der Waals surface area (Å²) in [6.45, 7) is 0. The van der Waals surface area contributed by atoms with Crippen molar-refractivity contribution in [2.45, 2.75) is 77.0 Å². The molecule has 0 saturated heterocycles. The molecule has 5 heteroatoms. The van der Waals surface area contributed by atoms with Crippen molar-refractivity contribution in [3.05, 3.63) is 23.8 Å². The summed E-state index contributed by atoms with van der Waals surface area (Å²) in [5, 5.41) is 0. The third-order valence-electron chi connectivity index (χ3n) is 5.14. The predicted octanol–water partition coefficient (Wildman–Crippen LogP) is -1.25. The maximum absolute atomic E-state index is 12.7. The number of hydrogen-bond acceptors (Lipinski definition) is 1. The molecule has 0 atom stereocenters.